The summed E-state index contributed by atoms with van der Waals surface area (Å²) >= 11 is -1.40. The molecule has 0 bridgehead atoms. The molecule has 41 heavy (non-hydrogen) atoms. The minimum absolute atomic E-state index is 0.215. The van der Waals surface area contributed by atoms with Crippen molar-refractivity contribution < 1.29 is 17.4 Å². The van der Waals surface area contributed by atoms with Gasteiger partial charge >= 0.3 is 161 Å². The van der Waals surface area contributed by atoms with E-state index in [4.69, 9.17) is 0 Å². The first-order valence-corrected chi connectivity index (χ1v) is 22.0. The number of rotatable bonds is 7. The predicted molar refractivity (Wildman–Crippen MR) is 181 cm³/mol. The second-order valence-corrected chi connectivity index (χ2v) is 25.0. The number of hydrogen-bond acceptors (Lipinski definition) is 1. The molecule has 209 valence electrons. The molecule has 0 amide bonds. The minimum atomic E-state index is -1.40. The van der Waals surface area contributed by atoms with Crippen molar-refractivity contribution in [3.63, 3.8) is 0 Å². The summed E-state index contributed by atoms with van der Waals surface area (Å²) in [5, 5.41) is 0. The molecule has 1 aliphatic rings. The number of hydrogen-bond donors (Lipinski definition) is 1. The van der Waals surface area contributed by atoms with Gasteiger partial charge in [0.05, 0.1) is 0 Å². The average molecular weight is 591 g/mol. The van der Waals surface area contributed by atoms with Crippen molar-refractivity contribution in [1.82, 2.24) is 3.80 Å². The third kappa shape index (κ3) is 8.99. The zero-order chi connectivity index (χ0) is 29.2. The summed E-state index contributed by atoms with van der Waals surface area (Å²) in [4.78, 5) is 0. The molecule has 1 unspecified atom stereocenters. The summed E-state index contributed by atoms with van der Waals surface area (Å²) in [6.45, 7) is 13.7. The van der Waals surface area contributed by atoms with Gasteiger partial charge in [-0.15, -0.1) is 0 Å². The number of fused-ring (bicyclic) bond motifs is 1. The normalized spacial score (nSPS) is 14.6. The number of benzene rings is 4. The second kappa shape index (κ2) is 14.8. The monoisotopic (exact) mass is 590 g/mol. The topological polar surface area (TPSA) is 12.0 Å². The molecule has 0 aliphatic heterocycles. The zero-order valence-corrected chi connectivity index (χ0v) is 28.2. The molecule has 0 saturated heterocycles. The second-order valence-electron chi connectivity index (χ2n) is 12.0. The summed E-state index contributed by atoms with van der Waals surface area (Å²) in [6, 6.07) is 38.3. The van der Waals surface area contributed by atoms with Gasteiger partial charge in [0.25, 0.3) is 0 Å². The van der Waals surface area contributed by atoms with E-state index in [-0.39, 0.29) is 5.54 Å². The van der Waals surface area contributed by atoms with Gasteiger partial charge in [0.2, 0.25) is 0 Å². The van der Waals surface area contributed by atoms with Crippen molar-refractivity contribution >= 4 is 24.9 Å². The summed E-state index contributed by atoms with van der Waals surface area (Å²) in [6.07, 6.45) is 10.8. The fourth-order valence-electron chi connectivity index (χ4n) is 5.28. The molecule has 1 aliphatic carbocycles. The standard InChI is InChI=1S/C16H13.C16H14.C4H10N.C2H7Si.Ti/c1-12-10-14-8-5-9-15(16(14)11-12)13-6-3-2-4-7-13;1-3-9-15(10-4-1)13-7-8-14-16-11-5-2-6-12-16;1-4(2,3)5;1-3-2;/h2-11H,1H3;1-14H;5H,1-3H3;3H,1-2H3;/q;;-1;;+1. The molecule has 3 heteroatoms. The van der Waals surface area contributed by atoms with Crippen LogP contribution in [-0.2, 0) is 17.4 Å². The Morgan fingerprint density at radius 1 is 0.683 bits per heavy atom. The zero-order valence-electron chi connectivity index (χ0n) is 25.4. The predicted octanol–water partition coefficient (Wildman–Crippen LogP) is 10.1. The van der Waals surface area contributed by atoms with E-state index in [9.17, 15) is 0 Å². The van der Waals surface area contributed by atoms with Crippen molar-refractivity contribution in [3.8, 4) is 11.1 Å². The number of allylic oxidation sites excluding steroid dienone is 3. The van der Waals surface area contributed by atoms with E-state index in [1.54, 1.807) is 11.1 Å². The first-order chi connectivity index (χ1) is 19.7. The van der Waals surface area contributed by atoms with Crippen molar-refractivity contribution in [2.24, 2.45) is 0 Å². The first kappa shape index (κ1) is 30.9. The van der Waals surface area contributed by atoms with Gasteiger partial charge in [0.15, 0.2) is 0 Å². The molecule has 1 atom stereocenters. The van der Waals surface area contributed by atoms with Gasteiger partial charge in [0.1, 0.15) is 0 Å². The van der Waals surface area contributed by atoms with Gasteiger partial charge in [-0.05, 0) is 11.1 Å². The van der Waals surface area contributed by atoms with Crippen LogP contribution in [0, 0.1) is 0 Å². The van der Waals surface area contributed by atoms with E-state index in [0.29, 0.717) is 4.22 Å². The van der Waals surface area contributed by atoms with E-state index in [1.165, 1.54) is 27.8 Å². The summed E-state index contributed by atoms with van der Waals surface area (Å²) in [7, 11) is 0. The van der Waals surface area contributed by atoms with Crippen LogP contribution in [0.5, 0.6) is 0 Å². The van der Waals surface area contributed by atoms with E-state index < -0.39 is 24.0 Å². The Hall–Kier alpha value is -3.01. The molecular formula is C38H44NSiTi. The van der Waals surface area contributed by atoms with Crippen molar-refractivity contribution in [1.29, 1.82) is 0 Å². The maximum absolute atomic E-state index is 4.12. The van der Waals surface area contributed by atoms with Crippen molar-refractivity contribution in [2.45, 2.75) is 50.6 Å². The van der Waals surface area contributed by atoms with Crippen LogP contribution in [-0.4, -0.2) is 12.2 Å². The number of nitrogens with one attached hydrogen (secondary N) is 1. The molecule has 1 N–H and O–H groups in total. The Morgan fingerprint density at radius 3 is 1.68 bits per heavy atom. The molecule has 0 aromatic heterocycles. The van der Waals surface area contributed by atoms with Crippen LogP contribution in [0.1, 0.15) is 54.2 Å². The van der Waals surface area contributed by atoms with E-state index >= 15 is 0 Å². The third-order valence-corrected chi connectivity index (χ3v) is 19.9. The van der Waals surface area contributed by atoms with Crippen LogP contribution >= 0.6 is 0 Å². The van der Waals surface area contributed by atoms with Crippen LogP contribution in [0.3, 0.4) is 0 Å². The molecule has 5 rings (SSSR count). The van der Waals surface area contributed by atoms with E-state index in [0.717, 1.165) is 0 Å². The van der Waals surface area contributed by atoms with Crippen molar-refractivity contribution in [2.75, 3.05) is 0 Å². The molecule has 4 aromatic carbocycles. The quantitative estimate of drug-likeness (QED) is 0.167. The molecule has 0 fully saturated rings. The van der Waals surface area contributed by atoms with Crippen LogP contribution in [0.15, 0.2) is 127 Å². The van der Waals surface area contributed by atoms with Crippen LogP contribution in [0.25, 0.3) is 29.4 Å². The van der Waals surface area contributed by atoms with E-state index in [1.807, 2.05) is 36.4 Å². The Morgan fingerprint density at radius 2 is 1.20 bits per heavy atom. The molecule has 0 saturated carbocycles. The fourth-order valence-corrected chi connectivity index (χ4v) is 17.7. The Balaban J connectivity index is 0.000000208. The molecule has 0 radical (unpaired) electrons. The first-order valence-electron chi connectivity index (χ1n) is 14.7. The Kier molecular flexibility index (Phi) is 11.1. The summed E-state index contributed by atoms with van der Waals surface area (Å²) in [5.41, 5.74) is 9.99. The van der Waals surface area contributed by atoms with Gasteiger partial charge < -0.3 is 0 Å². The molecule has 0 heterocycles. The van der Waals surface area contributed by atoms with Crippen LogP contribution in [0.4, 0.5) is 0 Å². The molecule has 0 spiro atoms. The van der Waals surface area contributed by atoms with Gasteiger partial charge in [-0.25, -0.2) is 0 Å². The molecule has 1 nitrogen and oxygen atoms in total. The Labute approximate surface area is 255 Å². The van der Waals surface area contributed by atoms with Crippen molar-refractivity contribution in [3.05, 3.63) is 149 Å². The van der Waals surface area contributed by atoms with Gasteiger partial charge in [-0.2, -0.15) is 0 Å². The average Bonchev–Trinajstić information content (AvgIpc) is 3.31. The SMILES string of the molecule is C(C=Cc1ccccc1)=Cc1ccccc1.CC1=Cc2c(-c3ccccc3)cccc2[CH]1[Ti]([NH]C(C)(C)C)[SiH](C)C. The van der Waals surface area contributed by atoms with Gasteiger partial charge in [-0.1, -0.05) is 85.0 Å². The van der Waals surface area contributed by atoms with Gasteiger partial charge in [0, 0.05) is 0 Å². The molecular weight excluding hydrogens is 546 g/mol. The van der Waals surface area contributed by atoms with E-state index in [2.05, 4.69) is 148 Å². The van der Waals surface area contributed by atoms with Crippen LogP contribution < -0.4 is 3.80 Å². The molecule has 4 aromatic rings. The van der Waals surface area contributed by atoms with Crippen LogP contribution in [0.2, 0.25) is 13.1 Å². The fraction of sp³-hybridized carbons (Fsp3) is 0.211. The third-order valence-electron chi connectivity index (χ3n) is 7.10. The van der Waals surface area contributed by atoms with Gasteiger partial charge in [-0.3, -0.25) is 0 Å². The summed E-state index contributed by atoms with van der Waals surface area (Å²) < 4.78 is 4.79. The Bertz CT molecular complexity index is 1420. The maximum atomic E-state index is 4.12. The summed E-state index contributed by atoms with van der Waals surface area (Å²) in [5.74, 6) is 0.